The number of alkyl carbamates (subject to hydrolysis) is 1. The van der Waals surface area contributed by atoms with E-state index in [1.165, 1.54) is 0 Å². The maximum absolute atomic E-state index is 13.3. The van der Waals surface area contributed by atoms with E-state index < -0.39 is 21.7 Å². The number of thioether (sulfide) groups is 1. The normalized spacial score (nSPS) is 11.6. The molecule has 0 aromatic heterocycles. The molecule has 0 fully saturated rings. The minimum atomic E-state index is -3.80. The molecule has 226 valence electrons. The van der Waals surface area contributed by atoms with Gasteiger partial charge in [-0.25, -0.2) is 13.2 Å². The van der Waals surface area contributed by atoms with Gasteiger partial charge in [0.2, 0.25) is 0 Å². The molecule has 3 rings (SSSR count). The molecule has 0 bridgehead atoms. The molecule has 42 heavy (non-hydrogen) atoms. The molecule has 0 saturated carbocycles. The quantitative estimate of drug-likeness (QED) is 0.115. The van der Waals surface area contributed by atoms with Gasteiger partial charge in [0, 0.05) is 47.7 Å². The van der Waals surface area contributed by atoms with Crippen LogP contribution in [0.25, 0.3) is 16.5 Å². The molecule has 0 atom stereocenters. The number of nitrogens with zero attached hydrogens (tertiary/aromatic N) is 2. The van der Waals surface area contributed by atoms with Crippen LogP contribution in [0.3, 0.4) is 0 Å². The van der Waals surface area contributed by atoms with E-state index in [1.54, 1.807) is 62.9 Å². The number of rotatable bonds is 11. The zero-order chi connectivity index (χ0) is 31.3. The summed E-state index contributed by atoms with van der Waals surface area (Å²) in [4.78, 5) is 26.8. The van der Waals surface area contributed by atoms with E-state index in [2.05, 4.69) is 27.1 Å². The molecule has 0 aliphatic carbocycles. The zero-order valence-electron chi connectivity index (χ0n) is 24.8. The summed E-state index contributed by atoms with van der Waals surface area (Å²) in [6, 6.07) is 18.1. The summed E-state index contributed by atoms with van der Waals surface area (Å²) in [6.07, 6.45) is 0.0359. The van der Waals surface area contributed by atoms with Gasteiger partial charge >= 0.3 is 6.09 Å². The first-order valence-electron chi connectivity index (χ1n) is 13.0. The van der Waals surface area contributed by atoms with Crippen LogP contribution in [0.15, 0.2) is 76.0 Å². The van der Waals surface area contributed by atoms with Crippen molar-refractivity contribution in [1.29, 1.82) is 0 Å². The molecule has 3 aromatic carbocycles. The summed E-state index contributed by atoms with van der Waals surface area (Å²) in [6.45, 7) is 8.90. The fourth-order valence-corrected chi connectivity index (χ4v) is 5.57. The standard InChI is InChI=1S/C23H26N4O2S2.C7H13NO3/c1-24-16-30-15-21(25-2)17-8-5-9-18(14-17)26-31(28,29)23-13-7-10-19-20(23)11-6-12-22(19)27(3)4;1-7(2,3)11-6(10)8-4-5-9/h5-15,24,26H,2,16H2,1,3-4H3;5H,4H2,1-3H3,(H,8,10)/b21-15-;. The van der Waals surface area contributed by atoms with E-state index in [-0.39, 0.29) is 11.4 Å². The molecule has 0 aliphatic rings. The maximum Gasteiger partial charge on any atom is 0.408 e. The third kappa shape index (κ3) is 10.5. The van der Waals surface area contributed by atoms with Gasteiger partial charge in [-0.05, 0) is 64.2 Å². The van der Waals surface area contributed by atoms with Gasteiger partial charge in [-0.1, -0.05) is 36.4 Å². The number of benzene rings is 3. The molecule has 0 aliphatic heterocycles. The number of anilines is 2. The molecule has 3 aromatic rings. The van der Waals surface area contributed by atoms with Crippen LogP contribution in [-0.2, 0) is 19.6 Å². The van der Waals surface area contributed by atoms with E-state index in [1.807, 2.05) is 61.8 Å². The van der Waals surface area contributed by atoms with Crippen molar-refractivity contribution in [2.24, 2.45) is 4.99 Å². The number of hydrogen-bond acceptors (Lipinski definition) is 9. The number of hydrogen-bond donors (Lipinski definition) is 3. The Bertz CT molecular complexity index is 1520. The molecule has 0 heterocycles. The second-order valence-corrected chi connectivity index (χ2v) is 12.6. The minimum absolute atomic E-state index is 0.00505. The van der Waals surface area contributed by atoms with Crippen LogP contribution in [0.1, 0.15) is 26.3 Å². The first-order valence-corrected chi connectivity index (χ1v) is 15.5. The lowest BCUT2D eigenvalue weighted by molar-refractivity contribution is -0.107. The summed E-state index contributed by atoms with van der Waals surface area (Å²) in [5.41, 5.74) is 2.38. The van der Waals surface area contributed by atoms with E-state index in [9.17, 15) is 18.0 Å². The van der Waals surface area contributed by atoms with Crippen molar-refractivity contribution < 1.29 is 22.7 Å². The highest BCUT2D eigenvalue weighted by Gasteiger charge is 2.19. The number of aliphatic imine (C=N–C) groups is 1. The van der Waals surface area contributed by atoms with E-state index >= 15 is 0 Å². The average Bonchev–Trinajstić information content (AvgIpc) is 2.93. The van der Waals surface area contributed by atoms with Gasteiger partial charge < -0.3 is 25.1 Å². The van der Waals surface area contributed by atoms with Crippen LogP contribution >= 0.6 is 11.8 Å². The molecule has 10 nitrogen and oxygen atoms in total. The average molecular weight is 614 g/mol. The summed E-state index contributed by atoms with van der Waals surface area (Å²) >= 11 is 1.55. The number of carbonyl (C=O) groups excluding carboxylic acids is 2. The van der Waals surface area contributed by atoms with Crippen molar-refractivity contribution in [1.82, 2.24) is 10.6 Å². The Morgan fingerprint density at radius 1 is 1.07 bits per heavy atom. The Balaban J connectivity index is 0.000000476. The molecular formula is C30H39N5O5S2. The number of sulfonamides is 1. The highest BCUT2D eigenvalue weighted by molar-refractivity contribution is 8.02. The second-order valence-electron chi connectivity index (χ2n) is 10.1. The van der Waals surface area contributed by atoms with Crippen molar-refractivity contribution in [3.63, 3.8) is 0 Å². The van der Waals surface area contributed by atoms with Crippen LogP contribution in [0.5, 0.6) is 0 Å². The van der Waals surface area contributed by atoms with Crippen molar-refractivity contribution >= 4 is 68.7 Å². The second kappa shape index (κ2) is 15.9. The molecule has 0 saturated heterocycles. The fourth-order valence-electron chi connectivity index (χ4n) is 3.68. The van der Waals surface area contributed by atoms with Gasteiger partial charge in [-0.15, -0.1) is 11.8 Å². The number of aldehydes is 1. The predicted octanol–water partition coefficient (Wildman–Crippen LogP) is 5.33. The molecular weight excluding hydrogens is 574 g/mol. The largest absolute Gasteiger partial charge is 0.444 e. The summed E-state index contributed by atoms with van der Waals surface area (Å²) < 4.78 is 34.1. The molecule has 0 spiro atoms. The van der Waals surface area contributed by atoms with Gasteiger partial charge in [0.05, 0.1) is 17.1 Å². The molecule has 1 amide bonds. The lowest BCUT2D eigenvalue weighted by Crippen LogP contribution is -2.33. The van der Waals surface area contributed by atoms with Crippen LogP contribution < -0.4 is 20.3 Å². The third-order valence-corrected chi connectivity index (χ3v) is 7.65. The first kappa shape index (κ1) is 34.3. The Hall–Kier alpha value is -3.87. The maximum atomic E-state index is 13.3. The van der Waals surface area contributed by atoms with Crippen LogP contribution in [0.2, 0.25) is 0 Å². The Kier molecular flexibility index (Phi) is 13.0. The molecule has 3 N–H and O–H groups in total. The number of fused-ring (bicyclic) bond motifs is 1. The zero-order valence-corrected chi connectivity index (χ0v) is 26.4. The summed E-state index contributed by atoms with van der Waals surface area (Å²) in [5.74, 6) is 0.737. The highest BCUT2D eigenvalue weighted by Crippen LogP contribution is 2.31. The number of carbonyl (C=O) groups is 2. The van der Waals surface area contributed by atoms with Crippen molar-refractivity contribution in [2.45, 2.75) is 31.3 Å². The fraction of sp³-hybridized carbons (Fsp3) is 0.300. The molecule has 12 heteroatoms. The van der Waals surface area contributed by atoms with E-state index in [4.69, 9.17) is 4.74 Å². The van der Waals surface area contributed by atoms with Crippen LogP contribution in [0.4, 0.5) is 16.2 Å². The van der Waals surface area contributed by atoms with Gasteiger partial charge in [0.15, 0.2) is 0 Å². The Morgan fingerprint density at radius 2 is 1.74 bits per heavy atom. The van der Waals surface area contributed by atoms with Gasteiger partial charge in [-0.3, -0.25) is 9.71 Å². The predicted molar refractivity (Wildman–Crippen MR) is 175 cm³/mol. The SMILES string of the molecule is C=N/C(=C\SCNC)c1cccc(NS(=O)(=O)c2cccc3c(N(C)C)cccc23)c1.CC(C)(C)OC(=O)NCC=O. The van der Waals surface area contributed by atoms with Crippen molar-refractivity contribution in [3.8, 4) is 0 Å². The third-order valence-electron chi connectivity index (χ3n) is 5.36. The van der Waals surface area contributed by atoms with E-state index in [0.717, 1.165) is 22.5 Å². The smallest absolute Gasteiger partial charge is 0.408 e. The lowest BCUT2D eigenvalue weighted by atomic mass is 10.1. The Labute approximate surface area is 252 Å². The van der Waals surface area contributed by atoms with E-state index in [0.29, 0.717) is 23.1 Å². The topological polar surface area (TPSA) is 129 Å². The van der Waals surface area contributed by atoms with Crippen molar-refractivity contribution in [2.75, 3.05) is 43.2 Å². The number of nitrogens with one attached hydrogen (secondary N) is 3. The summed E-state index contributed by atoms with van der Waals surface area (Å²) in [7, 11) is 1.94. The number of amides is 1. The minimum Gasteiger partial charge on any atom is -0.444 e. The van der Waals surface area contributed by atoms with Gasteiger partial charge in [0.25, 0.3) is 10.0 Å². The highest BCUT2D eigenvalue weighted by atomic mass is 32.2. The monoisotopic (exact) mass is 613 g/mol. The molecule has 0 radical (unpaired) electrons. The van der Waals surface area contributed by atoms with Gasteiger partial charge in [0.1, 0.15) is 11.9 Å². The van der Waals surface area contributed by atoms with Crippen LogP contribution in [0, 0.1) is 0 Å². The Morgan fingerprint density at radius 3 is 2.36 bits per heavy atom. The van der Waals surface area contributed by atoms with Crippen LogP contribution in [-0.4, -0.2) is 66.7 Å². The van der Waals surface area contributed by atoms with Gasteiger partial charge in [-0.2, -0.15) is 0 Å². The van der Waals surface area contributed by atoms with Crippen molar-refractivity contribution in [3.05, 3.63) is 71.6 Å². The first-order chi connectivity index (χ1) is 19.8. The number of ether oxygens (including phenoxy) is 1. The molecule has 0 unspecified atom stereocenters. The lowest BCUT2D eigenvalue weighted by Gasteiger charge is -2.18. The summed E-state index contributed by atoms with van der Waals surface area (Å²) in [5, 5.41) is 8.76.